The van der Waals surface area contributed by atoms with Crippen molar-refractivity contribution >= 4 is 5.97 Å². The van der Waals surface area contributed by atoms with E-state index >= 15 is 0 Å². The third kappa shape index (κ3) is 4.21. The summed E-state index contributed by atoms with van der Waals surface area (Å²) in [6.07, 6.45) is 1.22. The summed E-state index contributed by atoms with van der Waals surface area (Å²) in [7, 11) is 1.61. The Labute approximate surface area is 134 Å². The fourth-order valence-corrected chi connectivity index (χ4v) is 2.23. The number of carboxylic acids is 1. The van der Waals surface area contributed by atoms with E-state index in [1.807, 2.05) is 38.1 Å². The zero-order valence-corrected chi connectivity index (χ0v) is 13.5. The van der Waals surface area contributed by atoms with Crippen molar-refractivity contribution in [2.24, 2.45) is 0 Å². The highest BCUT2D eigenvalue weighted by molar-refractivity contribution is 5.86. The molecule has 0 aliphatic carbocycles. The SMILES string of the molecule is COc1ccc(OCCCc2c(C(=O)O)nnn2C(C)C)cc1. The molecule has 124 valence electrons. The van der Waals surface area contributed by atoms with Crippen molar-refractivity contribution in [3.05, 3.63) is 35.7 Å². The Morgan fingerprint density at radius 2 is 1.91 bits per heavy atom. The zero-order chi connectivity index (χ0) is 16.8. The van der Waals surface area contributed by atoms with Gasteiger partial charge in [0, 0.05) is 6.04 Å². The van der Waals surface area contributed by atoms with Gasteiger partial charge in [-0.25, -0.2) is 9.48 Å². The largest absolute Gasteiger partial charge is 0.497 e. The number of methoxy groups -OCH3 is 1. The standard InChI is InChI=1S/C16H21N3O4/c1-11(2)19-14(15(16(20)21)17-18-19)5-4-10-23-13-8-6-12(22-3)7-9-13/h6-9,11H,4-5,10H2,1-3H3,(H,20,21). The summed E-state index contributed by atoms with van der Waals surface area (Å²) in [4.78, 5) is 11.2. The van der Waals surface area contributed by atoms with Crippen LogP contribution in [0.5, 0.6) is 11.5 Å². The Morgan fingerprint density at radius 3 is 2.48 bits per heavy atom. The lowest BCUT2D eigenvalue weighted by Gasteiger charge is -2.11. The summed E-state index contributed by atoms with van der Waals surface area (Å²) in [5.74, 6) is 0.470. The van der Waals surface area contributed by atoms with Gasteiger partial charge in [-0.1, -0.05) is 5.21 Å². The number of nitrogens with zero attached hydrogens (tertiary/aromatic N) is 3. The smallest absolute Gasteiger partial charge is 0.358 e. The Hall–Kier alpha value is -2.57. The minimum atomic E-state index is -1.05. The van der Waals surface area contributed by atoms with Crippen molar-refractivity contribution in [2.75, 3.05) is 13.7 Å². The number of rotatable bonds is 8. The highest BCUT2D eigenvalue weighted by Gasteiger charge is 2.19. The normalized spacial score (nSPS) is 10.8. The van der Waals surface area contributed by atoms with Crippen LogP contribution in [-0.4, -0.2) is 39.8 Å². The number of aromatic nitrogens is 3. The van der Waals surface area contributed by atoms with Gasteiger partial charge in [-0.15, -0.1) is 5.10 Å². The molecule has 1 aromatic heterocycles. The molecule has 0 saturated carbocycles. The first-order chi connectivity index (χ1) is 11.0. The highest BCUT2D eigenvalue weighted by Crippen LogP contribution is 2.18. The van der Waals surface area contributed by atoms with Crippen molar-refractivity contribution in [2.45, 2.75) is 32.7 Å². The summed E-state index contributed by atoms with van der Waals surface area (Å²) in [5.41, 5.74) is 0.647. The van der Waals surface area contributed by atoms with Crippen LogP contribution in [0.2, 0.25) is 0 Å². The lowest BCUT2D eigenvalue weighted by Crippen LogP contribution is -2.12. The topological polar surface area (TPSA) is 86.5 Å². The van der Waals surface area contributed by atoms with E-state index in [2.05, 4.69) is 10.3 Å². The van der Waals surface area contributed by atoms with Gasteiger partial charge in [0.25, 0.3) is 0 Å². The van der Waals surface area contributed by atoms with Crippen LogP contribution < -0.4 is 9.47 Å². The molecule has 0 unspecified atom stereocenters. The van der Waals surface area contributed by atoms with Gasteiger partial charge in [0.05, 0.1) is 19.4 Å². The predicted octanol–water partition coefficient (Wildman–Crippen LogP) is 2.58. The Balaban J connectivity index is 1.92. The third-order valence-corrected chi connectivity index (χ3v) is 3.37. The first-order valence-electron chi connectivity index (χ1n) is 7.47. The quantitative estimate of drug-likeness (QED) is 0.753. The monoisotopic (exact) mass is 319 g/mol. The average Bonchev–Trinajstić information content (AvgIpc) is 2.96. The Bertz CT molecular complexity index is 650. The van der Waals surface area contributed by atoms with Crippen molar-refractivity contribution in [3.8, 4) is 11.5 Å². The molecule has 0 bridgehead atoms. The number of hydrogen-bond donors (Lipinski definition) is 1. The Morgan fingerprint density at radius 1 is 1.26 bits per heavy atom. The molecule has 0 aliphatic heterocycles. The van der Waals surface area contributed by atoms with Gasteiger partial charge in [-0.3, -0.25) is 0 Å². The van der Waals surface area contributed by atoms with E-state index < -0.39 is 5.97 Å². The molecule has 0 amide bonds. The molecule has 1 heterocycles. The van der Waals surface area contributed by atoms with Crippen molar-refractivity contribution < 1.29 is 19.4 Å². The van der Waals surface area contributed by atoms with Crippen LogP contribution in [0.15, 0.2) is 24.3 Å². The summed E-state index contributed by atoms with van der Waals surface area (Å²) in [5, 5.41) is 16.9. The number of hydrogen-bond acceptors (Lipinski definition) is 5. The Kier molecular flexibility index (Phi) is 5.56. The van der Waals surface area contributed by atoms with E-state index in [1.165, 1.54) is 0 Å². The minimum Gasteiger partial charge on any atom is -0.497 e. The first kappa shape index (κ1) is 16.8. The number of aromatic carboxylic acids is 1. The van der Waals surface area contributed by atoms with E-state index in [0.29, 0.717) is 25.1 Å². The molecule has 0 saturated heterocycles. The molecular weight excluding hydrogens is 298 g/mol. The second-order valence-corrected chi connectivity index (χ2v) is 5.36. The molecule has 23 heavy (non-hydrogen) atoms. The highest BCUT2D eigenvalue weighted by atomic mass is 16.5. The number of ether oxygens (including phenoxy) is 2. The minimum absolute atomic E-state index is 0.0168. The van der Waals surface area contributed by atoms with Gasteiger partial charge >= 0.3 is 5.97 Å². The molecule has 0 spiro atoms. The molecule has 0 aliphatic rings. The number of benzene rings is 1. The van der Waals surface area contributed by atoms with Crippen LogP contribution in [0.3, 0.4) is 0 Å². The molecule has 2 aromatic rings. The van der Waals surface area contributed by atoms with E-state index in [-0.39, 0.29) is 11.7 Å². The molecule has 0 atom stereocenters. The summed E-state index contributed by atoms with van der Waals surface area (Å²) in [6, 6.07) is 7.39. The summed E-state index contributed by atoms with van der Waals surface area (Å²) >= 11 is 0. The predicted molar refractivity (Wildman–Crippen MR) is 84.2 cm³/mol. The molecule has 0 fully saturated rings. The van der Waals surface area contributed by atoms with Gasteiger partial charge in [0.15, 0.2) is 5.69 Å². The van der Waals surface area contributed by atoms with E-state index in [0.717, 1.165) is 11.5 Å². The van der Waals surface area contributed by atoms with E-state index in [1.54, 1.807) is 11.8 Å². The molecule has 1 N–H and O–H groups in total. The van der Waals surface area contributed by atoms with Gasteiger partial charge < -0.3 is 14.6 Å². The van der Waals surface area contributed by atoms with Gasteiger partial charge in [0.1, 0.15) is 11.5 Å². The van der Waals surface area contributed by atoms with E-state index in [4.69, 9.17) is 9.47 Å². The number of carbonyl (C=O) groups is 1. The van der Waals surface area contributed by atoms with Crippen LogP contribution in [0.25, 0.3) is 0 Å². The van der Waals surface area contributed by atoms with Crippen molar-refractivity contribution in [1.82, 2.24) is 15.0 Å². The van der Waals surface area contributed by atoms with Crippen LogP contribution in [-0.2, 0) is 6.42 Å². The van der Waals surface area contributed by atoms with Crippen molar-refractivity contribution in [3.63, 3.8) is 0 Å². The fourth-order valence-electron chi connectivity index (χ4n) is 2.23. The molecule has 7 heteroatoms. The lowest BCUT2D eigenvalue weighted by molar-refractivity contribution is 0.0689. The molecule has 1 aromatic carbocycles. The third-order valence-electron chi connectivity index (χ3n) is 3.37. The zero-order valence-electron chi connectivity index (χ0n) is 13.5. The first-order valence-corrected chi connectivity index (χ1v) is 7.47. The van der Waals surface area contributed by atoms with Gasteiger partial charge in [-0.05, 0) is 51.0 Å². The summed E-state index contributed by atoms with van der Waals surface area (Å²) in [6.45, 7) is 4.37. The molecule has 0 radical (unpaired) electrons. The molecular formula is C16H21N3O4. The average molecular weight is 319 g/mol. The van der Waals surface area contributed by atoms with Crippen LogP contribution in [0, 0.1) is 0 Å². The van der Waals surface area contributed by atoms with Crippen LogP contribution in [0.1, 0.15) is 42.5 Å². The molecule has 7 nitrogen and oxygen atoms in total. The maximum atomic E-state index is 11.2. The van der Waals surface area contributed by atoms with Crippen LogP contribution >= 0.6 is 0 Å². The van der Waals surface area contributed by atoms with E-state index in [9.17, 15) is 9.90 Å². The summed E-state index contributed by atoms with van der Waals surface area (Å²) < 4.78 is 12.4. The van der Waals surface area contributed by atoms with Gasteiger partial charge in [0.2, 0.25) is 0 Å². The van der Waals surface area contributed by atoms with Crippen LogP contribution in [0.4, 0.5) is 0 Å². The maximum absolute atomic E-state index is 11.2. The van der Waals surface area contributed by atoms with Gasteiger partial charge in [-0.2, -0.15) is 0 Å². The molecule has 2 rings (SSSR count). The lowest BCUT2D eigenvalue weighted by atomic mass is 10.2. The fraction of sp³-hybridized carbons (Fsp3) is 0.438. The second kappa shape index (κ2) is 7.62. The maximum Gasteiger partial charge on any atom is 0.358 e. The van der Waals surface area contributed by atoms with Crippen molar-refractivity contribution in [1.29, 1.82) is 0 Å². The second-order valence-electron chi connectivity index (χ2n) is 5.36. The number of carboxylic acid groups (broad SMARTS) is 1.